The molecule has 3 heteroatoms. The van der Waals surface area contributed by atoms with Crippen LogP contribution >= 0.6 is 0 Å². The molecular formula is C10H12O3. The van der Waals surface area contributed by atoms with Crippen LogP contribution in [0.2, 0.25) is 0 Å². The number of esters is 1. The van der Waals surface area contributed by atoms with Gasteiger partial charge in [-0.3, -0.25) is 4.79 Å². The standard InChI is InChI=1S/C10H12O3/c1-8(11)13-6-5-9-3-2-4-10(12)7-9/h2-4,7,12H,5-6H2,1H3. The van der Waals surface area contributed by atoms with Crippen LogP contribution in [-0.4, -0.2) is 17.7 Å². The Morgan fingerprint density at radius 3 is 2.92 bits per heavy atom. The number of rotatable bonds is 3. The Kier molecular flexibility index (Phi) is 3.31. The first-order valence-corrected chi connectivity index (χ1v) is 4.10. The second kappa shape index (κ2) is 4.50. The van der Waals surface area contributed by atoms with E-state index < -0.39 is 0 Å². The molecule has 0 aliphatic rings. The van der Waals surface area contributed by atoms with E-state index in [-0.39, 0.29) is 11.7 Å². The third kappa shape index (κ3) is 3.60. The average molecular weight is 180 g/mol. The van der Waals surface area contributed by atoms with Crippen molar-refractivity contribution in [3.05, 3.63) is 29.8 Å². The first-order chi connectivity index (χ1) is 6.18. The average Bonchev–Trinajstić information content (AvgIpc) is 2.03. The molecule has 0 saturated carbocycles. The van der Waals surface area contributed by atoms with Crippen molar-refractivity contribution in [1.29, 1.82) is 0 Å². The minimum absolute atomic E-state index is 0.236. The molecule has 0 bridgehead atoms. The summed E-state index contributed by atoms with van der Waals surface area (Å²) in [4.78, 5) is 10.4. The van der Waals surface area contributed by atoms with E-state index in [9.17, 15) is 4.79 Å². The van der Waals surface area contributed by atoms with Crippen LogP contribution in [0, 0.1) is 0 Å². The monoisotopic (exact) mass is 180 g/mol. The lowest BCUT2D eigenvalue weighted by Gasteiger charge is -2.02. The Morgan fingerprint density at radius 2 is 2.31 bits per heavy atom. The van der Waals surface area contributed by atoms with Crippen molar-refractivity contribution in [3.63, 3.8) is 0 Å². The highest BCUT2D eigenvalue weighted by atomic mass is 16.5. The van der Waals surface area contributed by atoms with Crippen LogP contribution in [0.3, 0.4) is 0 Å². The zero-order valence-electron chi connectivity index (χ0n) is 7.49. The molecular weight excluding hydrogens is 168 g/mol. The second-order valence-electron chi connectivity index (χ2n) is 2.76. The third-order valence-corrected chi connectivity index (χ3v) is 1.61. The lowest BCUT2D eigenvalue weighted by Crippen LogP contribution is -2.02. The fourth-order valence-electron chi connectivity index (χ4n) is 1.02. The van der Waals surface area contributed by atoms with Gasteiger partial charge in [-0.15, -0.1) is 0 Å². The summed E-state index contributed by atoms with van der Waals surface area (Å²) in [5.41, 5.74) is 0.959. The summed E-state index contributed by atoms with van der Waals surface area (Å²) >= 11 is 0. The summed E-state index contributed by atoms with van der Waals surface area (Å²) in [5, 5.41) is 9.11. The number of aromatic hydroxyl groups is 1. The molecule has 0 aliphatic carbocycles. The normalized spacial score (nSPS) is 9.62. The van der Waals surface area contributed by atoms with E-state index in [1.807, 2.05) is 6.07 Å². The van der Waals surface area contributed by atoms with E-state index in [1.54, 1.807) is 18.2 Å². The highest BCUT2D eigenvalue weighted by molar-refractivity contribution is 5.65. The van der Waals surface area contributed by atoms with Crippen LogP contribution in [0.15, 0.2) is 24.3 Å². The fourth-order valence-corrected chi connectivity index (χ4v) is 1.02. The van der Waals surface area contributed by atoms with Crippen molar-refractivity contribution < 1.29 is 14.6 Å². The summed E-state index contributed by atoms with van der Waals surface area (Å²) in [6.07, 6.45) is 0.633. The smallest absolute Gasteiger partial charge is 0.302 e. The maximum atomic E-state index is 10.4. The maximum absolute atomic E-state index is 10.4. The second-order valence-corrected chi connectivity index (χ2v) is 2.76. The van der Waals surface area contributed by atoms with Gasteiger partial charge in [0.15, 0.2) is 0 Å². The Hall–Kier alpha value is -1.51. The van der Waals surface area contributed by atoms with Gasteiger partial charge in [-0.1, -0.05) is 12.1 Å². The zero-order valence-corrected chi connectivity index (χ0v) is 7.49. The predicted octanol–water partition coefficient (Wildman–Crippen LogP) is 1.50. The van der Waals surface area contributed by atoms with Crippen molar-refractivity contribution in [2.45, 2.75) is 13.3 Å². The van der Waals surface area contributed by atoms with Crippen molar-refractivity contribution >= 4 is 5.97 Å². The molecule has 0 fully saturated rings. The Labute approximate surface area is 77.0 Å². The quantitative estimate of drug-likeness (QED) is 0.717. The van der Waals surface area contributed by atoms with Crippen LogP contribution in [-0.2, 0) is 16.0 Å². The minimum atomic E-state index is -0.278. The molecule has 0 radical (unpaired) electrons. The summed E-state index contributed by atoms with van der Waals surface area (Å²) in [6.45, 7) is 1.74. The Morgan fingerprint density at radius 1 is 1.54 bits per heavy atom. The molecule has 0 aromatic heterocycles. The van der Waals surface area contributed by atoms with Gasteiger partial charge >= 0.3 is 5.97 Å². The van der Waals surface area contributed by atoms with Gasteiger partial charge in [0, 0.05) is 13.3 Å². The van der Waals surface area contributed by atoms with E-state index >= 15 is 0 Å². The molecule has 70 valence electrons. The van der Waals surface area contributed by atoms with Crippen molar-refractivity contribution in [1.82, 2.24) is 0 Å². The van der Waals surface area contributed by atoms with Crippen LogP contribution < -0.4 is 0 Å². The lowest BCUT2D eigenvalue weighted by atomic mass is 10.1. The number of carbonyl (C=O) groups is 1. The SMILES string of the molecule is CC(=O)OCCc1cccc(O)c1. The van der Waals surface area contributed by atoms with Crippen LogP contribution in [0.25, 0.3) is 0 Å². The highest BCUT2D eigenvalue weighted by Gasteiger charge is 1.96. The van der Waals surface area contributed by atoms with Gasteiger partial charge in [0.1, 0.15) is 5.75 Å². The summed E-state index contributed by atoms with van der Waals surface area (Å²) < 4.78 is 4.77. The molecule has 0 saturated heterocycles. The predicted molar refractivity (Wildman–Crippen MR) is 48.4 cm³/mol. The summed E-state index contributed by atoms with van der Waals surface area (Å²) in [7, 11) is 0. The van der Waals surface area contributed by atoms with Crippen LogP contribution in [0.5, 0.6) is 5.75 Å². The van der Waals surface area contributed by atoms with E-state index in [1.165, 1.54) is 6.92 Å². The van der Waals surface area contributed by atoms with Crippen molar-refractivity contribution in [2.24, 2.45) is 0 Å². The van der Waals surface area contributed by atoms with Gasteiger partial charge in [0.25, 0.3) is 0 Å². The van der Waals surface area contributed by atoms with Crippen molar-refractivity contribution in [3.8, 4) is 5.75 Å². The van der Waals surface area contributed by atoms with Gasteiger partial charge in [-0.05, 0) is 17.7 Å². The molecule has 0 amide bonds. The van der Waals surface area contributed by atoms with E-state index in [0.29, 0.717) is 13.0 Å². The van der Waals surface area contributed by atoms with Crippen LogP contribution in [0.1, 0.15) is 12.5 Å². The minimum Gasteiger partial charge on any atom is -0.508 e. The molecule has 0 unspecified atom stereocenters. The van der Waals surface area contributed by atoms with Gasteiger partial charge < -0.3 is 9.84 Å². The fraction of sp³-hybridized carbons (Fsp3) is 0.300. The van der Waals surface area contributed by atoms with Gasteiger partial charge in [-0.2, -0.15) is 0 Å². The molecule has 13 heavy (non-hydrogen) atoms. The van der Waals surface area contributed by atoms with Gasteiger partial charge in [0.2, 0.25) is 0 Å². The van der Waals surface area contributed by atoms with Crippen molar-refractivity contribution in [2.75, 3.05) is 6.61 Å². The Bertz CT molecular complexity index is 294. The van der Waals surface area contributed by atoms with E-state index in [0.717, 1.165) is 5.56 Å². The largest absolute Gasteiger partial charge is 0.508 e. The van der Waals surface area contributed by atoms with Gasteiger partial charge in [-0.25, -0.2) is 0 Å². The van der Waals surface area contributed by atoms with E-state index in [4.69, 9.17) is 9.84 Å². The maximum Gasteiger partial charge on any atom is 0.302 e. The first kappa shape index (κ1) is 9.58. The lowest BCUT2D eigenvalue weighted by molar-refractivity contribution is -0.140. The number of hydrogen-bond donors (Lipinski definition) is 1. The highest BCUT2D eigenvalue weighted by Crippen LogP contribution is 2.11. The molecule has 1 aromatic carbocycles. The summed E-state index contributed by atoms with van der Waals surface area (Å²) in [5.74, 6) is -0.0412. The first-order valence-electron chi connectivity index (χ1n) is 4.10. The van der Waals surface area contributed by atoms with Gasteiger partial charge in [0.05, 0.1) is 6.61 Å². The zero-order chi connectivity index (χ0) is 9.68. The van der Waals surface area contributed by atoms with E-state index in [2.05, 4.69) is 0 Å². The molecule has 0 atom stereocenters. The molecule has 0 heterocycles. The number of benzene rings is 1. The number of phenolic OH excluding ortho intramolecular Hbond substituents is 1. The number of ether oxygens (including phenoxy) is 1. The molecule has 3 nitrogen and oxygen atoms in total. The number of hydrogen-bond acceptors (Lipinski definition) is 3. The summed E-state index contributed by atoms with van der Waals surface area (Å²) in [6, 6.07) is 6.90. The molecule has 0 aliphatic heterocycles. The Balaban J connectivity index is 2.41. The number of phenols is 1. The topological polar surface area (TPSA) is 46.5 Å². The van der Waals surface area contributed by atoms with Crippen LogP contribution in [0.4, 0.5) is 0 Å². The molecule has 0 spiro atoms. The third-order valence-electron chi connectivity index (χ3n) is 1.61. The molecule has 1 rings (SSSR count). The molecule has 1 aromatic rings. The molecule has 1 N–H and O–H groups in total. The number of carbonyl (C=O) groups excluding carboxylic acids is 1.